The first-order valence-electron chi connectivity index (χ1n) is 7.77. The summed E-state index contributed by atoms with van der Waals surface area (Å²) in [4.78, 5) is 30.5. The number of hydrogen-bond acceptors (Lipinski definition) is 3. The lowest BCUT2D eigenvalue weighted by atomic mass is 9.88. The Bertz CT molecular complexity index is 651. The molecular formula is C17H21N3O2. The van der Waals surface area contributed by atoms with Crippen LogP contribution in [0.1, 0.15) is 37.7 Å². The summed E-state index contributed by atoms with van der Waals surface area (Å²) in [5, 5.41) is 2.86. The van der Waals surface area contributed by atoms with Gasteiger partial charge in [-0.2, -0.15) is 0 Å². The van der Waals surface area contributed by atoms with Crippen LogP contribution in [0, 0.1) is 6.92 Å². The van der Waals surface area contributed by atoms with Crippen LogP contribution in [0.15, 0.2) is 29.6 Å². The molecule has 1 aliphatic heterocycles. The zero-order chi connectivity index (χ0) is 15.7. The van der Waals surface area contributed by atoms with E-state index in [1.165, 1.54) is 5.57 Å². The molecule has 1 aliphatic carbocycles. The molecule has 1 aromatic rings. The Balaban J connectivity index is 1.76. The van der Waals surface area contributed by atoms with Crippen molar-refractivity contribution in [1.29, 1.82) is 0 Å². The van der Waals surface area contributed by atoms with Crippen LogP contribution in [0.4, 0.5) is 5.69 Å². The van der Waals surface area contributed by atoms with Crippen molar-refractivity contribution < 1.29 is 9.59 Å². The smallest absolute Gasteiger partial charge is 0.250 e. The Morgan fingerprint density at radius 2 is 2.27 bits per heavy atom. The monoisotopic (exact) mass is 299 g/mol. The van der Waals surface area contributed by atoms with Gasteiger partial charge in [-0.3, -0.25) is 14.6 Å². The number of amides is 2. The van der Waals surface area contributed by atoms with E-state index in [4.69, 9.17) is 0 Å². The van der Waals surface area contributed by atoms with Gasteiger partial charge in [0.15, 0.2) is 0 Å². The molecule has 2 heterocycles. The fraction of sp³-hybridized carbons (Fsp3) is 0.471. The van der Waals surface area contributed by atoms with Crippen LogP contribution in [-0.2, 0) is 9.59 Å². The molecule has 1 atom stereocenters. The maximum Gasteiger partial charge on any atom is 0.250 e. The van der Waals surface area contributed by atoms with Gasteiger partial charge in [0.1, 0.15) is 0 Å². The van der Waals surface area contributed by atoms with E-state index in [9.17, 15) is 9.59 Å². The summed E-state index contributed by atoms with van der Waals surface area (Å²) >= 11 is 0. The Morgan fingerprint density at radius 1 is 1.45 bits per heavy atom. The van der Waals surface area contributed by atoms with Crippen LogP contribution >= 0.6 is 0 Å². The number of aryl methyl sites for hydroxylation is 1. The molecule has 1 fully saturated rings. The minimum Gasteiger partial charge on any atom is -0.335 e. The third-order valence-electron chi connectivity index (χ3n) is 4.66. The molecule has 22 heavy (non-hydrogen) atoms. The highest BCUT2D eigenvalue weighted by molar-refractivity contribution is 6.04. The lowest BCUT2D eigenvalue weighted by molar-refractivity contribution is -0.127. The second-order valence-electron chi connectivity index (χ2n) is 6.10. The van der Waals surface area contributed by atoms with Crippen LogP contribution in [0.2, 0.25) is 0 Å². The van der Waals surface area contributed by atoms with Crippen LogP contribution in [0.5, 0.6) is 0 Å². The van der Waals surface area contributed by atoms with Crippen molar-refractivity contribution in [2.24, 2.45) is 0 Å². The summed E-state index contributed by atoms with van der Waals surface area (Å²) in [5.74, 6) is -0.133. The van der Waals surface area contributed by atoms with Gasteiger partial charge in [0.25, 0.3) is 5.91 Å². The first-order chi connectivity index (χ1) is 10.6. The lowest BCUT2D eigenvalue weighted by Crippen LogP contribution is -2.33. The number of fused-ring (bicyclic) bond motifs is 1. The van der Waals surface area contributed by atoms with Gasteiger partial charge in [-0.1, -0.05) is 6.42 Å². The fourth-order valence-corrected chi connectivity index (χ4v) is 3.40. The molecule has 1 aromatic heterocycles. The Labute approximate surface area is 130 Å². The van der Waals surface area contributed by atoms with E-state index in [-0.39, 0.29) is 24.3 Å². The first-order valence-corrected chi connectivity index (χ1v) is 7.77. The van der Waals surface area contributed by atoms with Crippen molar-refractivity contribution in [3.05, 3.63) is 35.2 Å². The largest absolute Gasteiger partial charge is 0.335 e. The Kier molecular flexibility index (Phi) is 3.96. The van der Waals surface area contributed by atoms with E-state index in [0.717, 1.165) is 31.2 Å². The van der Waals surface area contributed by atoms with Gasteiger partial charge in [0, 0.05) is 18.8 Å². The van der Waals surface area contributed by atoms with Gasteiger partial charge in [-0.25, -0.2) is 0 Å². The van der Waals surface area contributed by atoms with Crippen LogP contribution < -0.4 is 5.32 Å². The Hall–Kier alpha value is -2.17. The average Bonchev–Trinajstić information content (AvgIpc) is 2.75. The predicted molar refractivity (Wildman–Crippen MR) is 84.3 cm³/mol. The van der Waals surface area contributed by atoms with Gasteiger partial charge < -0.3 is 10.2 Å². The average molecular weight is 299 g/mol. The second kappa shape index (κ2) is 5.91. The van der Waals surface area contributed by atoms with Crippen LogP contribution in [0.25, 0.3) is 0 Å². The summed E-state index contributed by atoms with van der Waals surface area (Å²) in [6.45, 7) is 1.92. The third kappa shape index (κ3) is 2.63. The summed E-state index contributed by atoms with van der Waals surface area (Å²) in [7, 11) is 1.84. The minimum atomic E-state index is -0.147. The summed E-state index contributed by atoms with van der Waals surface area (Å²) < 4.78 is 0. The van der Waals surface area contributed by atoms with Gasteiger partial charge in [-0.05, 0) is 43.4 Å². The van der Waals surface area contributed by atoms with E-state index in [2.05, 4.69) is 10.3 Å². The predicted octanol–water partition coefficient (Wildman–Crippen LogP) is 2.43. The Morgan fingerprint density at radius 3 is 3.05 bits per heavy atom. The third-order valence-corrected chi connectivity index (χ3v) is 4.66. The highest BCUT2D eigenvalue weighted by Gasteiger charge is 2.38. The van der Waals surface area contributed by atoms with Gasteiger partial charge >= 0.3 is 0 Å². The zero-order valence-corrected chi connectivity index (χ0v) is 13.1. The van der Waals surface area contributed by atoms with Crippen molar-refractivity contribution in [3.8, 4) is 0 Å². The quantitative estimate of drug-likeness (QED) is 0.932. The number of carbonyl (C=O) groups excluding carboxylic acids is 2. The number of rotatable bonds is 3. The number of nitrogens with one attached hydrogen (secondary N) is 1. The van der Waals surface area contributed by atoms with E-state index < -0.39 is 0 Å². The van der Waals surface area contributed by atoms with Crippen molar-refractivity contribution in [2.75, 3.05) is 12.4 Å². The van der Waals surface area contributed by atoms with Crippen molar-refractivity contribution in [1.82, 2.24) is 9.88 Å². The number of likely N-dealkylation sites (N-methyl/N-ethyl adjacent to an activating group) is 1. The van der Waals surface area contributed by atoms with Gasteiger partial charge in [-0.15, -0.1) is 0 Å². The molecular weight excluding hydrogens is 278 g/mol. The van der Waals surface area contributed by atoms with Crippen LogP contribution in [0.3, 0.4) is 0 Å². The first kappa shape index (κ1) is 14.8. The molecule has 5 nitrogen and oxygen atoms in total. The molecule has 1 N–H and O–H groups in total. The highest BCUT2D eigenvalue weighted by atomic mass is 16.2. The van der Waals surface area contributed by atoms with E-state index in [1.807, 2.05) is 20.0 Å². The molecule has 0 aromatic carbocycles. The molecule has 2 aliphatic rings. The minimum absolute atomic E-state index is 0.0139. The molecule has 0 radical (unpaired) electrons. The van der Waals surface area contributed by atoms with Crippen molar-refractivity contribution in [3.63, 3.8) is 0 Å². The van der Waals surface area contributed by atoms with Crippen molar-refractivity contribution >= 4 is 17.5 Å². The number of aromatic nitrogens is 1. The molecule has 0 spiro atoms. The highest BCUT2D eigenvalue weighted by Crippen LogP contribution is 2.37. The standard InChI is InChI=1S/C17H21N3O2/c1-11-7-8-18-10-14(11)19-16(21)9-13-12-5-3-4-6-15(12)20(2)17(13)22/h7-8,10,15H,3-6,9H2,1-2H3,(H,19,21). The maximum atomic E-state index is 12.4. The fourth-order valence-electron chi connectivity index (χ4n) is 3.40. The SMILES string of the molecule is Cc1ccncc1NC(=O)CC1=C2CCCCC2N(C)C1=O. The van der Waals surface area contributed by atoms with Gasteiger partial charge in [0.05, 0.1) is 24.3 Å². The zero-order valence-electron chi connectivity index (χ0n) is 13.1. The second-order valence-corrected chi connectivity index (χ2v) is 6.10. The molecule has 116 valence electrons. The summed E-state index contributed by atoms with van der Waals surface area (Å²) in [5.41, 5.74) is 3.55. The van der Waals surface area contributed by atoms with Crippen LogP contribution in [-0.4, -0.2) is 34.8 Å². The maximum absolute atomic E-state index is 12.4. The topological polar surface area (TPSA) is 62.3 Å². The molecule has 2 amide bonds. The molecule has 0 bridgehead atoms. The number of carbonyl (C=O) groups is 2. The lowest BCUT2D eigenvalue weighted by Gasteiger charge is -2.26. The summed E-state index contributed by atoms with van der Waals surface area (Å²) in [6, 6.07) is 2.06. The molecule has 5 heteroatoms. The number of pyridine rings is 1. The normalized spacial score (nSPS) is 21.1. The van der Waals surface area contributed by atoms with E-state index in [0.29, 0.717) is 11.3 Å². The molecule has 1 unspecified atom stereocenters. The summed E-state index contributed by atoms with van der Waals surface area (Å²) in [6.07, 6.45) is 7.71. The molecule has 3 rings (SSSR count). The molecule has 1 saturated carbocycles. The van der Waals surface area contributed by atoms with Gasteiger partial charge in [0.2, 0.25) is 5.91 Å². The number of nitrogens with zero attached hydrogens (tertiary/aromatic N) is 2. The van der Waals surface area contributed by atoms with E-state index in [1.54, 1.807) is 17.3 Å². The number of hydrogen-bond donors (Lipinski definition) is 1. The van der Waals surface area contributed by atoms with Crippen molar-refractivity contribution in [2.45, 2.75) is 45.1 Å². The molecule has 0 saturated heterocycles. The van der Waals surface area contributed by atoms with E-state index >= 15 is 0 Å². The number of anilines is 1.